The molecule has 0 aromatic carbocycles. The first-order chi connectivity index (χ1) is 13.6. The van der Waals surface area contributed by atoms with Crippen molar-refractivity contribution in [2.24, 2.45) is 0 Å². The molecule has 0 N–H and O–H groups in total. The second kappa shape index (κ2) is 6.37. The molecule has 5 rings (SSSR count). The zero-order valence-electron chi connectivity index (χ0n) is 15.5. The van der Waals surface area contributed by atoms with Crippen LogP contribution in [0.2, 0.25) is 0 Å². The highest BCUT2D eigenvalue weighted by molar-refractivity contribution is 5.95. The minimum Gasteiger partial charge on any atom is -0.456 e. The Morgan fingerprint density at radius 3 is 2.75 bits per heavy atom. The summed E-state index contributed by atoms with van der Waals surface area (Å²) in [4.78, 5) is 34.0. The lowest BCUT2D eigenvalue weighted by molar-refractivity contribution is 0.0546. The van der Waals surface area contributed by atoms with Crippen molar-refractivity contribution in [1.29, 1.82) is 0 Å². The van der Waals surface area contributed by atoms with E-state index in [-0.39, 0.29) is 23.9 Å². The van der Waals surface area contributed by atoms with Crippen molar-refractivity contribution in [3.05, 3.63) is 77.8 Å². The third-order valence-electron chi connectivity index (χ3n) is 5.57. The Morgan fingerprint density at radius 2 is 2.00 bits per heavy atom. The zero-order chi connectivity index (χ0) is 19.3. The van der Waals surface area contributed by atoms with Crippen LogP contribution in [0.3, 0.4) is 0 Å². The van der Waals surface area contributed by atoms with E-state index in [0.717, 1.165) is 5.69 Å². The third kappa shape index (κ3) is 2.62. The van der Waals surface area contributed by atoms with E-state index in [4.69, 9.17) is 4.42 Å². The first-order valence-corrected chi connectivity index (χ1v) is 9.35. The number of aromatic nitrogens is 2. The van der Waals surface area contributed by atoms with E-state index in [9.17, 15) is 9.59 Å². The summed E-state index contributed by atoms with van der Waals surface area (Å²) >= 11 is 0. The van der Waals surface area contributed by atoms with E-state index in [1.54, 1.807) is 23.2 Å². The molecule has 5 heterocycles. The summed E-state index contributed by atoms with van der Waals surface area (Å²) in [5.74, 6) is 0.882. The molecule has 2 aliphatic heterocycles. The molecule has 7 heteroatoms. The molecule has 3 aromatic rings. The van der Waals surface area contributed by atoms with E-state index >= 15 is 0 Å². The summed E-state index contributed by atoms with van der Waals surface area (Å²) < 4.78 is 7.52. The first-order valence-electron chi connectivity index (χ1n) is 9.35. The van der Waals surface area contributed by atoms with Crippen LogP contribution < -0.4 is 0 Å². The fraction of sp³-hybridized carbons (Fsp3) is 0.286. The number of rotatable bonds is 3. The standard InChI is InChI=1S/C21H20N4O3/c1-14-7-8-19(28-14)21(27)23-12-17-18(13-23)25(11-15-5-2-3-9-22-15)20(26)16-6-4-10-24(16)17/h2-10,17-18H,11-13H2,1H3/t17-,18+/m1/s1. The zero-order valence-corrected chi connectivity index (χ0v) is 15.5. The summed E-state index contributed by atoms with van der Waals surface area (Å²) in [7, 11) is 0. The number of carbonyl (C=O) groups excluding carboxylic acids is 2. The summed E-state index contributed by atoms with van der Waals surface area (Å²) in [5, 5.41) is 0. The van der Waals surface area contributed by atoms with Gasteiger partial charge in [-0.15, -0.1) is 0 Å². The van der Waals surface area contributed by atoms with Crippen molar-refractivity contribution in [1.82, 2.24) is 19.4 Å². The van der Waals surface area contributed by atoms with Crippen LogP contribution in [0.15, 0.2) is 59.3 Å². The molecule has 0 unspecified atom stereocenters. The highest BCUT2D eigenvalue weighted by Crippen LogP contribution is 2.35. The quantitative estimate of drug-likeness (QED) is 0.704. The highest BCUT2D eigenvalue weighted by Gasteiger charge is 2.46. The van der Waals surface area contributed by atoms with Crippen LogP contribution in [-0.4, -0.2) is 50.3 Å². The number of nitrogens with zero attached hydrogens (tertiary/aromatic N) is 4. The summed E-state index contributed by atoms with van der Waals surface area (Å²) in [6.45, 7) is 3.25. The molecule has 142 valence electrons. The maximum Gasteiger partial charge on any atom is 0.289 e. The van der Waals surface area contributed by atoms with Gasteiger partial charge in [0.1, 0.15) is 11.5 Å². The maximum atomic E-state index is 13.1. The van der Waals surface area contributed by atoms with Crippen LogP contribution in [0.25, 0.3) is 0 Å². The number of aryl methyl sites for hydroxylation is 1. The van der Waals surface area contributed by atoms with E-state index < -0.39 is 0 Å². The smallest absolute Gasteiger partial charge is 0.289 e. The average Bonchev–Trinajstić information content (AvgIpc) is 3.44. The minimum absolute atomic E-state index is 0.0198. The van der Waals surface area contributed by atoms with Gasteiger partial charge in [0, 0.05) is 25.5 Å². The van der Waals surface area contributed by atoms with Crippen LogP contribution in [0.4, 0.5) is 0 Å². The van der Waals surface area contributed by atoms with Gasteiger partial charge in [-0.25, -0.2) is 0 Å². The minimum atomic E-state index is -0.138. The Labute approximate surface area is 162 Å². The monoisotopic (exact) mass is 376 g/mol. The van der Waals surface area contributed by atoms with Crippen molar-refractivity contribution in [3.8, 4) is 0 Å². The molecule has 1 fully saturated rings. The lowest BCUT2D eigenvalue weighted by Gasteiger charge is -2.37. The van der Waals surface area contributed by atoms with Crippen LogP contribution in [0, 0.1) is 6.92 Å². The number of likely N-dealkylation sites (tertiary alicyclic amines) is 1. The lowest BCUT2D eigenvalue weighted by Crippen LogP contribution is -2.50. The van der Waals surface area contributed by atoms with Gasteiger partial charge in [-0.2, -0.15) is 0 Å². The maximum absolute atomic E-state index is 13.1. The number of furan rings is 1. The van der Waals surface area contributed by atoms with Crippen molar-refractivity contribution in [2.75, 3.05) is 13.1 Å². The van der Waals surface area contributed by atoms with Gasteiger partial charge in [0.15, 0.2) is 5.76 Å². The molecular weight excluding hydrogens is 356 g/mol. The van der Waals surface area contributed by atoms with Crippen LogP contribution in [-0.2, 0) is 6.54 Å². The molecule has 7 nitrogen and oxygen atoms in total. The number of fused-ring (bicyclic) bond motifs is 3. The number of hydrogen-bond acceptors (Lipinski definition) is 4. The molecule has 3 aromatic heterocycles. The van der Waals surface area contributed by atoms with E-state index in [1.807, 2.05) is 52.9 Å². The highest BCUT2D eigenvalue weighted by atomic mass is 16.3. The summed E-state index contributed by atoms with van der Waals surface area (Å²) in [6, 6.07) is 12.8. The summed E-state index contributed by atoms with van der Waals surface area (Å²) in [5.41, 5.74) is 1.49. The topological polar surface area (TPSA) is 71.6 Å². The van der Waals surface area contributed by atoms with Crippen molar-refractivity contribution in [2.45, 2.75) is 25.6 Å². The molecule has 2 aliphatic rings. The van der Waals surface area contributed by atoms with Gasteiger partial charge in [0.25, 0.3) is 11.8 Å². The Morgan fingerprint density at radius 1 is 1.14 bits per heavy atom. The molecule has 28 heavy (non-hydrogen) atoms. The van der Waals surface area contributed by atoms with Crippen molar-refractivity contribution >= 4 is 11.8 Å². The largest absolute Gasteiger partial charge is 0.456 e. The molecule has 0 bridgehead atoms. The van der Waals surface area contributed by atoms with Gasteiger partial charge in [-0.1, -0.05) is 6.07 Å². The van der Waals surface area contributed by atoms with Gasteiger partial charge < -0.3 is 18.8 Å². The fourth-order valence-electron chi connectivity index (χ4n) is 4.24. The van der Waals surface area contributed by atoms with Gasteiger partial charge in [0.2, 0.25) is 0 Å². The van der Waals surface area contributed by atoms with Crippen LogP contribution in [0.5, 0.6) is 0 Å². The molecule has 2 atom stereocenters. The van der Waals surface area contributed by atoms with Crippen LogP contribution >= 0.6 is 0 Å². The van der Waals surface area contributed by atoms with E-state index in [0.29, 0.717) is 36.8 Å². The van der Waals surface area contributed by atoms with Gasteiger partial charge in [-0.3, -0.25) is 14.6 Å². The number of hydrogen-bond donors (Lipinski definition) is 0. The van der Waals surface area contributed by atoms with E-state index in [2.05, 4.69) is 4.98 Å². The predicted octanol–water partition coefficient (Wildman–Crippen LogP) is 2.51. The van der Waals surface area contributed by atoms with E-state index in [1.165, 1.54) is 0 Å². The molecule has 0 radical (unpaired) electrons. The molecule has 1 saturated heterocycles. The Balaban J connectivity index is 1.47. The second-order valence-electron chi connectivity index (χ2n) is 7.31. The summed E-state index contributed by atoms with van der Waals surface area (Å²) in [6.07, 6.45) is 3.65. The Bertz CT molecular complexity index is 1040. The lowest BCUT2D eigenvalue weighted by atomic mass is 10.1. The number of carbonyl (C=O) groups is 2. The van der Waals surface area contributed by atoms with Gasteiger partial charge in [-0.05, 0) is 43.3 Å². The SMILES string of the molecule is Cc1ccc(C(=O)N2C[C@@H]3[C@H](C2)N(Cc2ccccn2)C(=O)c2cccn23)o1. The normalized spacial score (nSPS) is 21.0. The molecule has 2 amide bonds. The predicted molar refractivity (Wildman–Crippen MR) is 101 cm³/mol. The second-order valence-corrected chi connectivity index (χ2v) is 7.31. The third-order valence-corrected chi connectivity index (χ3v) is 5.57. The average molecular weight is 376 g/mol. The van der Waals surface area contributed by atoms with Crippen LogP contribution in [0.1, 0.15) is 38.5 Å². The molecular formula is C21H20N4O3. The molecule has 0 saturated carbocycles. The molecule has 0 spiro atoms. The number of pyridine rings is 1. The van der Waals surface area contributed by atoms with Crippen molar-refractivity contribution in [3.63, 3.8) is 0 Å². The van der Waals surface area contributed by atoms with Gasteiger partial charge in [0.05, 0.1) is 24.3 Å². The fourth-order valence-corrected chi connectivity index (χ4v) is 4.24. The Kier molecular flexibility index (Phi) is 3.82. The first kappa shape index (κ1) is 16.8. The Hall–Kier alpha value is -3.35. The number of amides is 2. The van der Waals surface area contributed by atoms with Crippen molar-refractivity contribution < 1.29 is 14.0 Å². The molecule has 0 aliphatic carbocycles. The van der Waals surface area contributed by atoms with Gasteiger partial charge >= 0.3 is 0 Å².